The molecule has 4 N–H and O–H groups in total. The highest BCUT2D eigenvalue weighted by Crippen LogP contribution is 2.15. The van der Waals surface area contributed by atoms with Crippen LogP contribution in [0.15, 0.2) is 24.3 Å². The van der Waals surface area contributed by atoms with E-state index in [-0.39, 0.29) is 24.3 Å². The number of sulfonamides is 1. The van der Waals surface area contributed by atoms with E-state index in [0.717, 1.165) is 0 Å². The van der Waals surface area contributed by atoms with Crippen molar-refractivity contribution in [2.75, 3.05) is 17.1 Å². The lowest BCUT2D eigenvalue weighted by Gasteiger charge is -2.12. The average Bonchev–Trinajstić information content (AvgIpc) is 2.27. The van der Waals surface area contributed by atoms with Crippen LogP contribution in [0.3, 0.4) is 0 Å². The van der Waals surface area contributed by atoms with Gasteiger partial charge in [-0.25, -0.2) is 8.42 Å². The van der Waals surface area contributed by atoms with E-state index in [0.29, 0.717) is 11.3 Å². The van der Waals surface area contributed by atoms with Crippen molar-refractivity contribution < 1.29 is 13.2 Å². The second-order valence-corrected chi connectivity index (χ2v) is 6.14. The SMILES string of the molecule is CC(C)OCCS(=O)(=O)Nc1ccccc1C(=N)N. The van der Waals surface area contributed by atoms with Gasteiger partial charge < -0.3 is 10.5 Å². The van der Waals surface area contributed by atoms with E-state index in [1.807, 2.05) is 13.8 Å². The zero-order chi connectivity index (χ0) is 14.5. The number of nitrogens with one attached hydrogen (secondary N) is 2. The molecule has 0 saturated heterocycles. The third-order valence-corrected chi connectivity index (χ3v) is 3.52. The maximum absolute atomic E-state index is 11.9. The summed E-state index contributed by atoms with van der Waals surface area (Å²) in [5.74, 6) is -0.325. The van der Waals surface area contributed by atoms with Gasteiger partial charge in [-0.05, 0) is 26.0 Å². The highest BCUT2D eigenvalue weighted by Gasteiger charge is 2.14. The Morgan fingerprint density at radius 2 is 2.05 bits per heavy atom. The van der Waals surface area contributed by atoms with Crippen LogP contribution in [0.5, 0.6) is 0 Å². The summed E-state index contributed by atoms with van der Waals surface area (Å²) in [6, 6.07) is 6.52. The fourth-order valence-corrected chi connectivity index (χ4v) is 2.35. The van der Waals surface area contributed by atoms with Crippen LogP contribution in [0.2, 0.25) is 0 Å². The molecule has 0 amide bonds. The highest BCUT2D eigenvalue weighted by atomic mass is 32.2. The standard InChI is InChI=1S/C12H19N3O3S/c1-9(2)18-7-8-19(16,17)15-11-6-4-3-5-10(11)12(13)14/h3-6,9,15H,7-8H2,1-2H3,(H3,13,14). The summed E-state index contributed by atoms with van der Waals surface area (Å²) in [5, 5.41) is 7.40. The minimum absolute atomic E-state index is 0.0142. The van der Waals surface area contributed by atoms with E-state index in [4.69, 9.17) is 15.9 Å². The van der Waals surface area contributed by atoms with E-state index in [1.165, 1.54) is 0 Å². The van der Waals surface area contributed by atoms with Crippen LogP contribution in [0.1, 0.15) is 19.4 Å². The van der Waals surface area contributed by atoms with Crippen LogP contribution in [-0.2, 0) is 14.8 Å². The van der Waals surface area contributed by atoms with Gasteiger partial charge in [-0.1, -0.05) is 12.1 Å². The van der Waals surface area contributed by atoms with Crippen molar-refractivity contribution >= 4 is 21.5 Å². The van der Waals surface area contributed by atoms with Crippen LogP contribution in [0.4, 0.5) is 5.69 Å². The zero-order valence-corrected chi connectivity index (χ0v) is 11.8. The van der Waals surface area contributed by atoms with Gasteiger partial charge in [-0.15, -0.1) is 0 Å². The Bertz CT molecular complexity index is 541. The number of rotatable bonds is 7. The Kier molecular flexibility index (Phi) is 5.31. The number of nitrogen functional groups attached to an aromatic ring is 1. The van der Waals surface area contributed by atoms with Gasteiger partial charge in [0.2, 0.25) is 10.0 Å². The van der Waals surface area contributed by atoms with Gasteiger partial charge >= 0.3 is 0 Å². The Balaban J connectivity index is 2.76. The molecule has 0 spiro atoms. The van der Waals surface area contributed by atoms with Gasteiger partial charge in [0.1, 0.15) is 5.84 Å². The first kappa shape index (κ1) is 15.5. The number of para-hydroxylation sites is 1. The van der Waals surface area contributed by atoms with Crippen LogP contribution < -0.4 is 10.5 Å². The molecular weight excluding hydrogens is 266 g/mol. The highest BCUT2D eigenvalue weighted by molar-refractivity contribution is 7.92. The predicted octanol–water partition coefficient (Wildman–Crippen LogP) is 1.14. The fourth-order valence-electron chi connectivity index (χ4n) is 1.42. The Morgan fingerprint density at radius 1 is 1.42 bits per heavy atom. The summed E-state index contributed by atoms with van der Waals surface area (Å²) in [5.41, 5.74) is 6.06. The van der Waals surface area contributed by atoms with Gasteiger partial charge in [-0.2, -0.15) is 0 Å². The number of anilines is 1. The second-order valence-electron chi connectivity index (χ2n) is 4.30. The van der Waals surface area contributed by atoms with Gasteiger partial charge in [-0.3, -0.25) is 10.1 Å². The molecule has 0 aliphatic carbocycles. The molecule has 106 valence electrons. The Labute approximate surface area is 113 Å². The van der Waals surface area contributed by atoms with Crippen molar-refractivity contribution in [1.82, 2.24) is 0 Å². The second kappa shape index (κ2) is 6.53. The monoisotopic (exact) mass is 285 g/mol. The van der Waals surface area contributed by atoms with Crippen LogP contribution in [-0.4, -0.2) is 32.7 Å². The number of hydrogen-bond acceptors (Lipinski definition) is 4. The molecule has 1 aromatic rings. The smallest absolute Gasteiger partial charge is 0.235 e. The molecule has 0 bridgehead atoms. The van der Waals surface area contributed by atoms with E-state index in [1.54, 1.807) is 24.3 Å². The van der Waals surface area contributed by atoms with Gasteiger partial charge in [0, 0.05) is 5.56 Å². The molecule has 19 heavy (non-hydrogen) atoms. The Morgan fingerprint density at radius 3 is 2.63 bits per heavy atom. The molecular formula is C12H19N3O3S. The zero-order valence-electron chi connectivity index (χ0n) is 11.0. The van der Waals surface area contributed by atoms with Crippen LogP contribution in [0, 0.1) is 5.41 Å². The molecule has 7 heteroatoms. The number of nitrogens with two attached hydrogens (primary N) is 1. The molecule has 0 heterocycles. The number of hydrogen-bond donors (Lipinski definition) is 3. The van der Waals surface area contributed by atoms with Crippen molar-refractivity contribution in [2.45, 2.75) is 20.0 Å². The topological polar surface area (TPSA) is 105 Å². The summed E-state index contributed by atoms with van der Waals surface area (Å²) in [6.07, 6.45) is -0.0142. The van der Waals surface area contributed by atoms with Crippen LogP contribution >= 0.6 is 0 Å². The van der Waals surface area contributed by atoms with Crippen molar-refractivity contribution in [1.29, 1.82) is 5.41 Å². The maximum atomic E-state index is 11.9. The molecule has 0 aliphatic rings. The quantitative estimate of drug-likeness (QED) is 0.516. The third kappa shape index (κ3) is 5.27. The molecule has 0 aromatic heterocycles. The van der Waals surface area contributed by atoms with Crippen LogP contribution in [0.25, 0.3) is 0 Å². The first-order chi connectivity index (χ1) is 8.82. The molecule has 1 rings (SSSR count). The molecule has 0 unspecified atom stereocenters. The molecule has 0 radical (unpaired) electrons. The molecule has 0 aliphatic heterocycles. The average molecular weight is 285 g/mol. The summed E-state index contributed by atoms with van der Waals surface area (Å²) in [4.78, 5) is 0. The minimum atomic E-state index is -3.51. The Hall–Kier alpha value is -1.60. The largest absolute Gasteiger partial charge is 0.384 e. The molecule has 1 aromatic carbocycles. The summed E-state index contributed by atoms with van der Waals surface area (Å²) < 4.78 is 31.3. The minimum Gasteiger partial charge on any atom is -0.384 e. The van der Waals surface area contributed by atoms with E-state index in [9.17, 15) is 8.42 Å². The van der Waals surface area contributed by atoms with Crippen molar-refractivity contribution in [2.24, 2.45) is 5.73 Å². The van der Waals surface area contributed by atoms with Gasteiger partial charge in [0.05, 0.1) is 24.2 Å². The molecule has 6 nitrogen and oxygen atoms in total. The van der Waals surface area contributed by atoms with Gasteiger partial charge in [0.25, 0.3) is 0 Å². The number of amidine groups is 1. The first-order valence-electron chi connectivity index (χ1n) is 5.87. The van der Waals surface area contributed by atoms with E-state index >= 15 is 0 Å². The van der Waals surface area contributed by atoms with E-state index < -0.39 is 10.0 Å². The maximum Gasteiger partial charge on any atom is 0.235 e. The summed E-state index contributed by atoms with van der Waals surface area (Å²) >= 11 is 0. The fraction of sp³-hybridized carbons (Fsp3) is 0.417. The van der Waals surface area contributed by atoms with Crippen molar-refractivity contribution in [3.05, 3.63) is 29.8 Å². The summed E-state index contributed by atoms with van der Waals surface area (Å²) in [6.45, 7) is 3.80. The van der Waals surface area contributed by atoms with E-state index in [2.05, 4.69) is 4.72 Å². The lowest BCUT2D eigenvalue weighted by atomic mass is 10.2. The van der Waals surface area contributed by atoms with Crippen molar-refractivity contribution in [3.8, 4) is 0 Å². The summed E-state index contributed by atoms with van der Waals surface area (Å²) in [7, 11) is -3.51. The van der Waals surface area contributed by atoms with Gasteiger partial charge in [0.15, 0.2) is 0 Å². The molecule has 0 fully saturated rings. The number of benzene rings is 1. The lowest BCUT2D eigenvalue weighted by Crippen LogP contribution is -2.23. The third-order valence-electron chi connectivity index (χ3n) is 2.29. The predicted molar refractivity (Wildman–Crippen MR) is 76.0 cm³/mol. The molecule has 0 atom stereocenters. The first-order valence-corrected chi connectivity index (χ1v) is 7.52. The number of ether oxygens (including phenoxy) is 1. The normalized spacial score (nSPS) is 11.5. The van der Waals surface area contributed by atoms with Crippen molar-refractivity contribution in [3.63, 3.8) is 0 Å². The molecule has 0 saturated carbocycles. The lowest BCUT2D eigenvalue weighted by molar-refractivity contribution is 0.0913.